The molecule has 7 nitrogen and oxygen atoms in total. The first-order chi connectivity index (χ1) is 16.4. The van der Waals surface area contributed by atoms with Crippen molar-refractivity contribution >= 4 is 24.6 Å². The summed E-state index contributed by atoms with van der Waals surface area (Å²) in [4.78, 5) is 2.35. The normalized spacial score (nSPS) is 11.6. The molecule has 2 rings (SSSR count). The van der Waals surface area contributed by atoms with Crippen molar-refractivity contribution in [3.63, 3.8) is 0 Å². The number of nitrogen functional groups attached to an aromatic ring is 1. The van der Waals surface area contributed by atoms with E-state index in [1.54, 1.807) is 0 Å². The number of nitrogens with two attached hydrogens (primary N) is 1. The van der Waals surface area contributed by atoms with E-state index in [-0.39, 0.29) is 6.61 Å². The predicted molar refractivity (Wildman–Crippen MR) is 142 cm³/mol. The highest BCUT2D eigenvalue weighted by Crippen LogP contribution is 2.20. The maximum atomic E-state index is 8.63. The Morgan fingerprint density at radius 1 is 0.765 bits per heavy atom. The molecule has 2 aromatic rings. The highest BCUT2D eigenvalue weighted by atomic mass is 28.3. The Morgan fingerprint density at radius 2 is 1.32 bits per heavy atom. The van der Waals surface area contributed by atoms with Crippen molar-refractivity contribution in [2.45, 2.75) is 26.2 Å². The first kappa shape index (κ1) is 28.3. The summed E-state index contributed by atoms with van der Waals surface area (Å²) < 4.78 is 21.9. The third-order valence-corrected chi connectivity index (χ3v) is 7.33. The van der Waals surface area contributed by atoms with Gasteiger partial charge in [-0.2, -0.15) is 0 Å². The van der Waals surface area contributed by atoms with Crippen molar-refractivity contribution in [3.8, 4) is 0 Å². The van der Waals surface area contributed by atoms with Crippen LogP contribution in [0.5, 0.6) is 0 Å². The van der Waals surface area contributed by atoms with Crippen molar-refractivity contribution in [1.29, 1.82) is 0 Å². The zero-order chi connectivity index (χ0) is 24.7. The molecule has 8 heteroatoms. The second-order valence-electron chi connectivity index (χ2n) is 9.10. The molecule has 0 aliphatic rings. The van der Waals surface area contributed by atoms with E-state index in [1.807, 2.05) is 12.1 Å². The van der Waals surface area contributed by atoms with Gasteiger partial charge in [-0.15, -0.1) is 0 Å². The number of aliphatic hydroxyl groups is 1. The maximum absolute atomic E-state index is 8.63. The van der Waals surface area contributed by atoms with Gasteiger partial charge in [0, 0.05) is 24.5 Å². The molecule has 0 radical (unpaired) electrons. The Hall–Kier alpha value is -1.94. The Balaban J connectivity index is 1.77. The minimum atomic E-state index is -1.55. The molecule has 0 spiro atoms. The van der Waals surface area contributed by atoms with Crippen LogP contribution < -0.4 is 15.8 Å². The smallest absolute Gasteiger partial charge is 0.0803 e. The van der Waals surface area contributed by atoms with Crippen LogP contribution in [0.25, 0.3) is 0 Å². The fourth-order valence-corrected chi connectivity index (χ4v) is 5.03. The van der Waals surface area contributed by atoms with Crippen molar-refractivity contribution in [3.05, 3.63) is 54.1 Å². The summed E-state index contributed by atoms with van der Waals surface area (Å²) in [5.41, 5.74) is 9.63. The molecule has 0 fully saturated rings. The van der Waals surface area contributed by atoms with Gasteiger partial charge >= 0.3 is 0 Å². The molecule has 0 saturated carbocycles. The fraction of sp³-hybridized carbons (Fsp3) is 0.538. The van der Waals surface area contributed by atoms with Gasteiger partial charge in [0.2, 0.25) is 0 Å². The van der Waals surface area contributed by atoms with Crippen LogP contribution in [0.1, 0.15) is 5.56 Å². The van der Waals surface area contributed by atoms with Crippen molar-refractivity contribution in [1.82, 2.24) is 0 Å². The molecule has 0 bridgehead atoms. The van der Waals surface area contributed by atoms with Gasteiger partial charge in [0.05, 0.1) is 67.5 Å². The van der Waals surface area contributed by atoms with Gasteiger partial charge in [0.1, 0.15) is 0 Å². The van der Waals surface area contributed by atoms with Gasteiger partial charge in [0.25, 0.3) is 0 Å². The minimum absolute atomic E-state index is 0.0343. The number of benzene rings is 2. The molecule has 3 N–H and O–H groups in total. The Kier molecular flexibility index (Phi) is 13.2. The van der Waals surface area contributed by atoms with Crippen molar-refractivity contribution < 1.29 is 24.1 Å². The van der Waals surface area contributed by atoms with Crippen molar-refractivity contribution in [2.75, 3.05) is 76.6 Å². The molecule has 0 amide bonds. The van der Waals surface area contributed by atoms with Crippen LogP contribution in [0.2, 0.25) is 19.6 Å². The van der Waals surface area contributed by atoms with Gasteiger partial charge in [-0.25, -0.2) is 0 Å². The van der Waals surface area contributed by atoms with Crippen LogP contribution in [0.4, 0.5) is 11.4 Å². The number of rotatable bonds is 18. The van der Waals surface area contributed by atoms with Crippen LogP contribution in [0.15, 0.2) is 48.5 Å². The van der Waals surface area contributed by atoms with Crippen LogP contribution >= 0.6 is 0 Å². The summed E-state index contributed by atoms with van der Waals surface area (Å²) in [7, 11) is -1.55. The fourth-order valence-electron chi connectivity index (χ4n) is 3.49. The third kappa shape index (κ3) is 11.0. The van der Waals surface area contributed by atoms with E-state index in [2.05, 4.69) is 60.9 Å². The summed E-state index contributed by atoms with van der Waals surface area (Å²) in [5.74, 6) is 0. The molecule has 0 atom stereocenters. The van der Waals surface area contributed by atoms with E-state index >= 15 is 0 Å². The molecular weight excluding hydrogens is 448 g/mol. The summed E-state index contributed by atoms with van der Waals surface area (Å²) >= 11 is 0. The Morgan fingerprint density at radius 3 is 1.88 bits per heavy atom. The lowest BCUT2D eigenvalue weighted by molar-refractivity contribution is -0.00490. The maximum Gasteiger partial charge on any atom is 0.0803 e. The van der Waals surface area contributed by atoms with E-state index in [0.29, 0.717) is 52.9 Å². The SMILES string of the molecule is C[Si](C)(C)c1cc(N(CCOCCOCCOCCOCCO)Cc2ccccc2)ccc1N. The average Bonchev–Trinajstić information content (AvgIpc) is 2.81. The first-order valence-corrected chi connectivity index (χ1v) is 15.5. The minimum Gasteiger partial charge on any atom is -0.399 e. The summed E-state index contributed by atoms with van der Waals surface area (Å²) in [6.07, 6.45) is 0. The lowest BCUT2D eigenvalue weighted by Crippen LogP contribution is -2.40. The second kappa shape index (κ2) is 15.9. The highest BCUT2D eigenvalue weighted by molar-refractivity contribution is 6.89. The topological polar surface area (TPSA) is 86.4 Å². The van der Waals surface area contributed by atoms with E-state index in [1.165, 1.54) is 16.4 Å². The monoisotopic (exact) mass is 490 g/mol. The van der Waals surface area contributed by atoms with E-state index in [9.17, 15) is 0 Å². The Bertz CT molecular complexity index is 802. The molecule has 0 heterocycles. The molecule has 0 saturated heterocycles. The molecule has 190 valence electrons. The zero-order valence-corrected chi connectivity index (χ0v) is 22.0. The first-order valence-electron chi connectivity index (χ1n) is 12.0. The highest BCUT2D eigenvalue weighted by Gasteiger charge is 2.21. The molecule has 0 unspecified atom stereocenters. The van der Waals surface area contributed by atoms with E-state index < -0.39 is 8.07 Å². The second-order valence-corrected chi connectivity index (χ2v) is 14.1. The number of nitrogens with zero attached hydrogens (tertiary/aromatic N) is 1. The lowest BCUT2D eigenvalue weighted by atomic mass is 10.2. The van der Waals surface area contributed by atoms with Gasteiger partial charge in [-0.3, -0.25) is 0 Å². The number of ether oxygens (including phenoxy) is 4. The quantitative estimate of drug-likeness (QED) is 0.189. The van der Waals surface area contributed by atoms with Gasteiger partial charge < -0.3 is 34.7 Å². The van der Waals surface area contributed by atoms with Crippen LogP contribution in [-0.2, 0) is 25.5 Å². The van der Waals surface area contributed by atoms with E-state index in [4.69, 9.17) is 29.8 Å². The Labute approximate surface area is 205 Å². The van der Waals surface area contributed by atoms with Gasteiger partial charge in [0.15, 0.2) is 0 Å². The third-order valence-electron chi connectivity index (χ3n) is 5.28. The molecule has 0 aliphatic heterocycles. The van der Waals surface area contributed by atoms with Gasteiger partial charge in [-0.05, 0) is 28.9 Å². The zero-order valence-electron chi connectivity index (χ0n) is 21.0. The lowest BCUT2D eigenvalue weighted by Gasteiger charge is -2.28. The average molecular weight is 491 g/mol. The molecule has 34 heavy (non-hydrogen) atoms. The molecule has 0 aliphatic carbocycles. The van der Waals surface area contributed by atoms with Gasteiger partial charge in [-0.1, -0.05) is 50.0 Å². The molecular formula is C26H42N2O5Si. The largest absolute Gasteiger partial charge is 0.399 e. The summed E-state index contributed by atoms with van der Waals surface area (Å²) in [5, 5.41) is 9.92. The number of hydrogen-bond donors (Lipinski definition) is 2. The van der Waals surface area contributed by atoms with Crippen LogP contribution in [0, 0.1) is 0 Å². The van der Waals surface area contributed by atoms with Crippen LogP contribution in [0.3, 0.4) is 0 Å². The number of anilines is 2. The van der Waals surface area contributed by atoms with E-state index in [0.717, 1.165) is 18.8 Å². The standard InChI is InChI=1S/C26H42N2O5Si/c1-34(2,3)26-21-24(9-10-25(26)27)28(22-23-7-5-4-6-8-23)11-13-30-15-17-32-19-20-33-18-16-31-14-12-29/h4-10,21,29H,11-20,22,27H2,1-3H3. The predicted octanol–water partition coefficient (Wildman–Crippen LogP) is 2.88. The van der Waals surface area contributed by atoms with Crippen LogP contribution in [-0.4, -0.2) is 79.2 Å². The molecule has 0 aromatic heterocycles. The summed E-state index contributed by atoms with van der Waals surface area (Å²) in [6, 6.07) is 16.9. The number of aliphatic hydroxyl groups excluding tert-OH is 1. The number of hydrogen-bond acceptors (Lipinski definition) is 7. The molecule has 2 aromatic carbocycles. The summed E-state index contributed by atoms with van der Waals surface area (Å²) in [6.45, 7) is 12.7. The van der Waals surface area contributed by atoms with Crippen molar-refractivity contribution in [2.24, 2.45) is 0 Å².